The summed E-state index contributed by atoms with van der Waals surface area (Å²) in [7, 11) is 2.05. The van der Waals surface area contributed by atoms with Gasteiger partial charge < -0.3 is 15.1 Å². The van der Waals surface area contributed by atoms with Crippen molar-refractivity contribution in [3.8, 4) is 0 Å². The summed E-state index contributed by atoms with van der Waals surface area (Å²) in [6, 6.07) is 8.51. The summed E-state index contributed by atoms with van der Waals surface area (Å²) in [5, 5.41) is 12.2. The van der Waals surface area contributed by atoms with Crippen LogP contribution in [0.4, 0.5) is 11.5 Å². The van der Waals surface area contributed by atoms with Crippen LogP contribution in [0.3, 0.4) is 0 Å². The van der Waals surface area contributed by atoms with Crippen molar-refractivity contribution in [2.24, 2.45) is 0 Å². The van der Waals surface area contributed by atoms with Gasteiger partial charge in [-0.05, 0) is 37.4 Å². The molecule has 1 aliphatic rings. The van der Waals surface area contributed by atoms with Crippen molar-refractivity contribution in [2.45, 2.75) is 0 Å². The highest BCUT2D eigenvalue weighted by Gasteiger charge is 2.21. The van der Waals surface area contributed by atoms with Gasteiger partial charge in [0.1, 0.15) is 0 Å². The standard InChI is InChI=1S/C16H17Cl2N5O/c1-22-6-8-23(9-7-22)16(24)14-4-5-15(21-20-14)19-13-3-2-11(17)10-12(13)18/h2-5,10H,6-9H2,1H3,(H,19,21). The molecule has 1 aromatic carbocycles. The molecule has 1 aliphatic heterocycles. The summed E-state index contributed by atoms with van der Waals surface area (Å²) in [6.45, 7) is 3.15. The van der Waals surface area contributed by atoms with Crippen LogP contribution < -0.4 is 5.32 Å². The summed E-state index contributed by atoms with van der Waals surface area (Å²) < 4.78 is 0. The Kier molecular flexibility index (Phi) is 5.18. The number of hydrogen-bond donors (Lipinski definition) is 1. The van der Waals surface area contributed by atoms with Crippen LogP contribution in [0.2, 0.25) is 10.0 Å². The number of aromatic nitrogens is 2. The topological polar surface area (TPSA) is 61.4 Å². The van der Waals surface area contributed by atoms with E-state index in [1.54, 1.807) is 35.2 Å². The Bertz CT molecular complexity index is 730. The van der Waals surface area contributed by atoms with Gasteiger partial charge in [0.05, 0.1) is 10.7 Å². The second kappa shape index (κ2) is 7.34. The second-order valence-electron chi connectivity index (χ2n) is 5.65. The maximum atomic E-state index is 12.4. The van der Waals surface area contributed by atoms with Gasteiger partial charge in [0.2, 0.25) is 0 Å². The fourth-order valence-electron chi connectivity index (χ4n) is 2.41. The number of carbonyl (C=O) groups is 1. The lowest BCUT2D eigenvalue weighted by Gasteiger charge is -2.32. The van der Waals surface area contributed by atoms with Gasteiger partial charge >= 0.3 is 0 Å². The van der Waals surface area contributed by atoms with E-state index < -0.39 is 0 Å². The molecular formula is C16H17Cl2N5O. The Hall–Kier alpha value is -1.89. The van der Waals surface area contributed by atoms with Crippen LogP contribution in [0, 0.1) is 0 Å². The number of nitrogens with zero attached hydrogens (tertiary/aromatic N) is 4. The summed E-state index contributed by atoms with van der Waals surface area (Å²) in [4.78, 5) is 16.4. The Morgan fingerprint density at radius 2 is 1.83 bits per heavy atom. The third-order valence-electron chi connectivity index (χ3n) is 3.87. The molecule has 2 heterocycles. The molecule has 0 bridgehead atoms. The zero-order chi connectivity index (χ0) is 17.1. The smallest absolute Gasteiger partial charge is 0.274 e. The van der Waals surface area contributed by atoms with E-state index in [0.29, 0.717) is 40.3 Å². The minimum atomic E-state index is -0.0910. The lowest BCUT2D eigenvalue weighted by molar-refractivity contribution is 0.0657. The minimum absolute atomic E-state index is 0.0910. The number of likely N-dealkylation sites (N-methyl/N-ethyl adjacent to an activating group) is 1. The predicted molar refractivity (Wildman–Crippen MR) is 95.2 cm³/mol. The molecule has 0 unspecified atom stereocenters. The molecule has 6 nitrogen and oxygen atoms in total. The van der Waals surface area contributed by atoms with Gasteiger partial charge in [-0.3, -0.25) is 4.79 Å². The number of amides is 1. The van der Waals surface area contributed by atoms with Gasteiger partial charge in [-0.25, -0.2) is 0 Å². The van der Waals surface area contributed by atoms with Crippen molar-refractivity contribution in [3.63, 3.8) is 0 Å². The average Bonchev–Trinajstić information content (AvgIpc) is 2.58. The summed E-state index contributed by atoms with van der Waals surface area (Å²) in [6.07, 6.45) is 0. The number of rotatable bonds is 3. The first-order valence-corrected chi connectivity index (χ1v) is 8.32. The fourth-order valence-corrected chi connectivity index (χ4v) is 2.87. The molecule has 0 aliphatic carbocycles. The van der Waals surface area contributed by atoms with Crippen molar-refractivity contribution in [1.82, 2.24) is 20.0 Å². The first kappa shape index (κ1) is 17.0. The van der Waals surface area contributed by atoms with Crippen LogP contribution in [0.25, 0.3) is 0 Å². The van der Waals surface area contributed by atoms with Gasteiger partial charge in [-0.1, -0.05) is 23.2 Å². The number of halogens is 2. The Morgan fingerprint density at radius 3 is 2.46 bits per heavy atom. The molecule has 0 radical (unpaired) electrons. The quantitative estimate of drug-likeness (QED) is 0.905. The Morgan fingerprint density at radius 1 is 1.08 bits per heavy atom. The van der Waals surface area contributed by atoms with Crippen molar-refractivity contribution in [2.75, 3.05) is 38.5 Å². The van der Waals surface area contributed by atoms with Crippen molar-refractivity contribution >= 4 is 40.6 Å². The number of benzene rings is 1. The second-order valence-corrected chi connectivity index (χ2v) is 6.49. The molecular weight excluding hydrogens is 349 g/mol. The van der Waals surface area contributed by atoms with E-state index in [0.717, 1.165) is 13.1 Å². The first-order valence-electron chi connectivity index (χ1n) is 7.56. The molecule has 1 saturated heterocycles. The molecule has 24 heavy (non-hydrogen) atoms. The number of anilines is 2. The average molecular weight is 366 g/mol. The SMILES string of the molecule is CN1CCN(C(=O)c2ccc(Nc3ccc(Cl)cc3Cl)nn2)CC1. The third kappa shape index (κ3) is 3.95. The predicted octanol–water partition coefficient (Wildman–Crippen LogP) is 2.91. The zero-order valence-electron chi connectivity index (χ0n) is 13.2. The van der Waals surface area contributed by atoms with Crippen LogP contribution in [-0.2, 0) is 0 Å². The fraction of sp³-hybridized carbons (Fsp3) is 0.312. The third-order valence-corrected chi connectivity index (χ3v) is 4.42. The number of nitrogens with one attached hydrogen (secondary N) is 1. The van der Waals surface area contributed by atoms with E-state index >= 15 is 0 Å². The van der Waals surface area contributed by atoms with Gasteiger partial charge in [0, 0.05) is 31.2 Å². The molecule has 1 amide bonds. The molecule has 1 N–H and O–H groups in total. The van der Waals surface area contributed by atoms with E-state index in [4.69, 9.17) is 23.2 Å². The lowest BCUT2D eigenvalue weighted by Crippen LogP contribution is -2.47. The Balaban J connectivity index is 1.68. The van der Waals surface area contributed by atoms with Gasteiger partial charge in [0.15, 0.2) is 11.5 Å². The molecule has 0 atom stereocenters. The van der Waals surface area contributed by atoms with Gasteiger partial charge in [-0.2, -0.15) is 0 Å². The monoisotopic (exact) mass is 365 g/mol. The van der Waals surface area contributed by atoms with E-state index in [9.17, 15) is 4.79 Å². The highest BCUT2D eigenvalue weighted by molar-refractivity contribution is 6.36. The minimum Gasteiger partial charge on any atom is -0.338 e. The Labute approximate surface area is 150 Å². The molecule has 2 aromatic rings. The number of piperazine rings is 1. The molecule has 0 spiro atoms. The molecule has 3 rings (SSSR count). The van der Waals surface area contributed by atoms with Crippen LogP contribution in [0.15, 0.2) is 30.3 Å². The van der Waals surface area contributed by atoms with Gasteiger partial charge in [-0.15, -0.1) is 10.2 Å². The summed E-state index contributed by atoms with van der Waals surface area (Å²) >= 11 is 12.0. The van der Waals surface area contributed by atoms with Crippen LogP contribution in [0.5, 0.6) is 0 Å². The normalized spacial score (nSPS) is 15.4. The summed E-state index contributed by atoms with van der Waals surface area (Å²) in [5.74, 6) is 0.417. The molecule has 8 heteroatoms. The van der Waals surface area contributed by atoms with Crippen LogP contribution in [0.1, 0.15) is 10.5 Å². The maximum Gasteiger partial charge on any atom is 0.274 e. The first-order chi connectivity index (χ1) is 11.5. The number of hydrogen-bond acceptors (Lipinski definition) is 5. The van der Waals surface area contributed by atoms with Crippen molar-refractivity contribution < 1.29 is 4.79 Å². The van der Waals surface area contributed by atoms with E-state index in [2.05, 4.69) is 20.4 Å². The lowest BCUT2D eigenvalue weighted by atomic mass is 10.2. The summed E-state index contributed by atoms with van der Waals surface area (Å²) in [5.41, 5.74) is 1.01. The van der Waals surface area contributed by atoms with E-state index in [1.165, 1.54) is 0 Å². The van der Waals surface area contributed by atoms with Gasteiger partial charge in [0.25, 0.3) is 5.91 Å². The maximum absolute atomic E-state index is 12.4. The van der Waals surface area contributed by atoms with E-state index in [1.807, 2.05) is 7.05 Å². The molecule has 0 saturated carbocycles. The van der Waals surface area contributed by atoms with Crippen molar-refractivity contribution in [3.05, 3.63) is 46.1 Å². The molecule has 1 fully saturated rings. The van der Waals surface area contributed by atoms with E-state index in [-0.39, 0.29) is 5.91 Å². The van der Waals surface area contributed by atoms with Crippen LogP contribution in [-0.4, -0.2) is 59.1 Å². The highest BCUT2D eigenvalue weighted by atomic mass is 35.5. The zero-order valence-corrected chi connectivity index (χ0v) is 14.7. The van der Waals surface area contributed by atoms with Crippen LogP contribution >= 0.6 is 23.2 Å². The molecule has 126 valence electrons. The number of carbonyl (C=O) groups excluding carboxylic acids is 1. The van der Waals surface area contributed by atoms with Crippen molar-refractivity contribution in [1.29, 1.82) is 0 Å². The highest BCUT2D eigenvalue weighted by Crippen LogP contribution is 2.27. The molecule has 1 aromatic heterocycles. The largest absolute Gasteiger partial charge is 0.338 e.